The molecule has 1 unspecified atom stereocenters. The van der Waals surface area contributed by atoms with Crippen molar-refractivity contribution >= 4 is 11.9 Å². The number of aliphatic carboxylic acids is 1. The highest BCUT2D eigenvalue weighted by Crippen LogP contribution is 2.47. The lowest BCUT2D eigenvalue weighted by atomic mass is 9.83. The molecule has 0 fully saturated rings. The van der Waals surface area contributed by atoms with Crippen molar-refractivity contribution in [1.82, 2.24) is 0 Å². The van der Waals surface area contributed by atoms with Crippen LogP contribution >= 0.6 is 0 Å². The summed E-state index contributed by atoms with van der Waals surface area (Å²) in [4.78, 5) is 23.1. The molecule has 0 saturated heterocycles. The highest BCUT2D eigenvalue weighted by atomic mass is 16.5. The second-order valence-corrected chi connectivity index (χ2v) is 8.95. The largest absolute Gasteiger partial charge is 0.493 e. The number of ether oxygens (including phenoxy) is 4. The highest BCUT2D eigenvalue weighted by molar-refractivity contribution is 5.96. The number of methoxy groups -OCH3 is 2. The fourth-order valence-corrected chi connectivity index (χ4v) is 4.30. The summed E-state index contributed by atoms with van der Waals surface area (Å²) in [6, 6.07) is 9.18. The lowest BCUT2D eigenvalue weighted by molar-refractivity contribution is -0.138. The van der Waals surface area contributed by atoms with E-state index in [9.17, 15) is 9.59 Å². The van der Waals surface area contributed by atoms with Gasteiger partial charge in [0.25, 0.3) is 0 Å². The van der Waals surface area contributed by atoms with Crippen LogP contribution in [-0.2, 0) is 16.1 Å². The minimum Gasteiger partial charge on any atom is -0.493 e. The molecule has 172 valence electrons. The smallest absolute Gasteiger partial charge is 0.338 e. The van der Waals surface area contributed by atoms with Crippen molar-refractivity contribution in [3.05, 3.63) is 41.5 Å². The van der Waals surface area contributed by atoms with Crippen LogP contribution in [0.4, 0.5) is 0 Å². The Morgan fingerprint density at radius 2 is 1.81 bits per heavy atom. The molecule has 7 heteroatoms. The number of fused-ring (bicyclic) bond motifs is 1. The van der Waals surface area contributed by atoms with Gasteiger partial charge in [0.15, 0.2) is 11.5 Å². The van der Waals surface area contributed by atoms with Gasteiger partial charge in [-0.15, -0.1) is 0 Å². The van der Waals surface area contributed by atoms with Crippen molar-refractivity contribution in [3.8, 4) is 28.4 Å². The zero-order chi connectivity index (χ0) is 23.5. The van der Waals surface area contributed by atoms with E-state index in [1.165, 1.54) is 0 Å². The van der Waals surface area contributed by atoms with Crippen LogP contribution < -0.4 is 14.2 Å². The van der Waals surface area contributed by atoms with Crippen LogP contribution in [0.2, 0.25) is 0 Å². The zero-order valence-corrected chi connectivity index (χ0v) is 19.2. The summed E-state index contributed by atoms with van der Waals surface area (Å²) >= 11 is 0. The zero-order valence-electron chi connectivity index (χ0n) is 19.2. The summed E-state index contributed by atoms with van der Waals surface area (Å²) in [6.45, 7) is 6.57. The number of cyclic esters (lactones) is 1. The van der Waals surface area contributed by atoms with Gasteiger partial charge in [0.2, 0.25) is 5.75 Å². The first-order valence-electron chi connectivity index (χ1n) is 10.6. The molecule has 32 heavy (non-hydrogen) atoms. The lowest BCUT2D eigenvalue weighted by Crippen LogP contribution is -2.25. The van der Waals surface area contributed by atoms with Crippen molar-refractivity contribution in [2.75, 3.05) is 20.8 Å². The summed E-state index contributed by atoms with van der Waals surface area (Å²) in [5.41, 5.74) is 2.68. The second kappa shape index (κ2) is 9.51. The molecule has 1 N–H and O–H groups in total. The Labute approximate surface area is 188 Å². The maximum Gasteiger partial charge on any atom is 0.338 e. The number of carboxylic acid groups (broad SMARTS) is 1. The SMILES string of the molecule is COc1ccc(-c2cccc3c2COC3=O)c(OCC(C)(C)CC(C)CC(=O)O)c1OC. The fraction of sp³-hybridized carbons (Fsp3) is 0.440. The van der Waals surface area contributed by atoms with Crippen LogP contribution in [0, 0.1) is 11.3 Å². The number of benzene rings is 2. The molecule has 2 aromatic rings. The van der Waals surface area contributed by atoms with Gasteiger partial charge in [-0.1, -0.05) is 32.9 Å². The Morgan fingerprint density at radius 3 is 2.47 bits per heavy atom. The average Bonchev–Trinajstić information content (AvgIpc) is 3.11. The Bertz CT molecular complexity index is 1010. The van der Waals surface area contributed by atoms with Crippen molar-refractivity contribution in [3.63, 3.8) is 0 Å². The number of carboxylic acids is 1. The molecule has 1 aliphatic heterocycles. The van der Waals surface area contributed by atoms with E-state index in [2.05, 4.69) is 0 Å². The number of hydrogen-bond donors (Lipinski definition) is 1. The van der Waals surface area contributed by atoms with Gasteiger partial charge < -0.3 is 24.1 Å². The predicted octanol–water partition coefficient (Wildman–Crippen LogP) is 4.95. The van der Waals surface area contributed by atoms with Crippen LogP contribution in [-0.4, -0.2) is 37.9 Å². The van der Waals surface area contributed by atoms with Gasteiger partial charge in [0.1, 0.15) is 6.61 Å². The van der Waals surface area contributed by atoms with Crippen LogP contribution in [0.15, 0.2) is 30.3 Å². The molecule has 0 bridgehead atoms. The van der Waals surface area contributed by atoms with Gasteiger partial charge >= 0.3 is 11.9 Å². The Kier molecular flexibility index (Phi) is 6.96. The minimum absolute atomic E-state index is 0.0123. The number of hydrogen-bond acceptors (Lipinski definition) is 6. The first kappa shape index (κ1) is 23.4. The molecule has 2 aromatic carbocycles. The predicted molar refractivity (Wildman–Crippen MR) is 119 cm³/mol. The topological polar surface area (TPSA) is 91.3 Å². The molecule has 0 spiro atoms. The fourth-order valence-electron chi connectivity index (χ4n) is 4.30. The van der Waals surface area contributed by atoms with E-state index < -0.39 is 5.97 Å². The van der Waals surface area contributed by atoms with Crippen LogP contribution in [0.3, 0.4) is 0 Å². The van der Waals surface area contributed by atoms with E-state index in [0.29, 0.717) is 35.8 Å². The minimum atomic E-state index is -0.805. The molecule has 1 heterocycles. The molecule has 1 aliphatic rings. The van der Waals surface area contributed by atoms with Crippen LogP contribution in [0.25, 0.3) is 11.1 Å². The average molecular weight is 443 g/mol. The van der Waals surface area contributed by atoms with E-state index in [-0.39, 0.29) is 30.3 Å². The molecule has 0 aromatic heterocycles. The molecule has 0 radical (unpaired) electrons. The highest BCUT2D eigenvalue weighted by Gasteiger charge is 2.29. The van der Waals surface area contributed by atoms with Crippen molar-refractivity contribution < 1.29 is 33.6 Å². The summed E-state index contributed by atoms with van der Waals surface area (Å²) in [6.07, 6.45) is 0.797. The molecule has 0 amide bonds. The third-order valence-corrected chi connectivity index (χ3v) is 5.57. The Morgan fingerprint density at radius 1 is 1.09 bits per heavy atom. The molecule has 3 rings (SSSR count). The number of carbonyl (C=O) groups excluding carboxylic acids is 1. The standard InChI is InChI=1S/C25H30O7/c1-15(11-21(26)27)12-25(2,3)14-32-22-17(9-10-20(29-4)23(22)30-5)16-7-6-8-18-19(16)13-31-24(18)28/h6-10,15H,11-14H2,1-5H3,(H,26,27). The molecular formula is C25H30O7. The molecular weight excluding hydrogens is 412 g/mol. The molecule has 7 nitrogen and oxygen atoms in total. The van der Waals surface area contributed by atoms with E-state index in [4.69, 9.17) is 24.1 Å². The van der Waals surface area contributed by atoms with Crippen LogP contribution in [0.1, 0.15) is 49.5 Å². The monoisotopic (exact) mass is 442 g/mol. The van der Waals surface area contributed by atoms with E-state index in [0.717, 1.165) is 16.7 Å². The molecule has 1 atom stereocenters. The number of esters is 1. The van der Waals surface area contributed by atoms with Gasteiger partial charge in [0, 0.05) is 17.5 Å². The van der Waals surface area contributed by atoms with E-state index >= 15 is 0 Å². The van der Waals surface area contributed by atoms with Crippen molar-refractivity contribution in [1.29, 1.82) is 0 Å². The van der Waals surface area contributed by atoms with Gasteiger partial charge in [-0.25, -0.2) is 4.79 Å². The van der Waals surface area contributed by atoms with Crippen LogP contribution in [0.5, 0.6) is 17.2 Å². The first-order valence-corrected chi connectivity index (χ1v) is 10.6. The molecule has 0 aliphatic carbocycles. The van der Waals surface area contributed by atoms with Gasteiger partial charge in [-0.3, -0.25) is 4.79 Å². The Hall–Kier alpha value is -3.22. The normalized spacial score (nSPS) is 13.8. The number of rotatable bonds is 10. The summed E-state index contributed by atoms with van der Waals surface area (Å²) < 4.78 is 22.7. The maximum atomic E-state index is 12.1. The summed E-state index contributed by atoms with van der Waals surface area (Å²) in [5.74, 6) is 0.376. The maximum absolute atomic E-state index is 12.1. The lowest BCUT2D eigenvalue weighted by Gasteiger charge is -2.29. The summed E-state index contributed by atoms with van der Waals surface area (Å²) in [5, 5.41) is 9.08. The summed E-state index contributed by atoms with van der Waals surface area (Å²) in [7, 11) is 3.11. The first-order chi connectivity index (χ1) is 15.2. The van der Waals surface area contributed by atoms with Gasteiger partial charge in [-0.2, -0.15) is 0 Å². The number of carbonyl (C=O) groups is 2. The van der Waals surface area contributed by atoms with E-state index in [1.54, 1.807) is 26.4 Å². The van der Waals surface area contributed by atoms with Gasteiger partial charge in [-0.05, 0) is 41.5 Å². The third kappa shape index (κ3) is 4.98. The van der Waals surface area contributed by atoms with E-state index in [1.807, 2.05) is 39.0 Å². The molecule has 0 saturated carbocycles. The van der Waals surface area contributed by atoms with Crippen molar-refractivity contribution in [2.24, 2.45) is 11.3 Å². The second-order valence-electron chi connectivity index (χ2n) is 8.95. The third-order valence-electron chi connectivity index (χ3n) is 5.57. The quantitative estimate of drug-likeness (QED) is 0.521. The van der Waals surface area contributed by atoms with Crippen molar-refractivity contribution in [2.45, 2.75) is 40.2 Å². The Balaban J connectivity index is 1.98. The van der Waals surface area contributed by atoms with Gasteiger partial charge in [0.05, 0.1) is 26.4 Å².